The van der Waals surface area contributed by atoms with Crippen LogP contribution in [-0.2, 0) is 33.2 Å². The molecule has 17 atom stereocenters. The SMILES string of the molecule is CC/C=C\C/C=C\C/C=C\C/C=C\C/C=C\C/C=C\C/C=C\CCCCCCCCCCCCCCCC(=O)NC(COC1OC(CO)C(OC2OC(CO)C(OC3OC(CO)C(O)C(O)C3O)C(O)C2O)C(O)C1O)C(O)CCCCCCCCCCCCCCCCCCCCC. The van der Waals surface area contributed by atoms with E-state index >= 15 is 0 Å². The van der Waals surface area contributed by atoms with E-state index in [0.717, 1.165) is 96.3 Å². The highest BCUT2D eigenvalue weighted by molar-refractivity contribution is 5.76. The van der Waals surface area contributed by atoms with Crippen molar-refractivity contribution in [1.82, 2.24) is 5.32 Å². The van der Waals surface area contributed by atoms with Crippen molar-refractivity contribution in [1.29, 1.82) is 0 Å². The van der Waals surface area contributed by atoms with Crippen molar-refractivity contribution in [3.05, 3.63) is 85.1 Å². The van der Waals surface area contributed by atoms with Gasteiger partial charge < -0.3 is 89.9 Å². The smallest absolute Gasteiger partial charge is 0.220 e. The fourth-order valence-corrected chi connectivity index (χ4v) is 12.9. The lowest BCUT2D eigenvalue weighted by molar-refractivity contribution is -0.379. The van der Waals surface area contributed by atoms with Gasteiger partial charge in [-0.2, -0.15) is 0 Å². The van der Waals surface area contributed by atoms with Gasteiger partial charge in [0.2, 0.25) is 5.91 Å². The van der Waals surface area contributed by atoms with Crippen LogP contribution < -0.4 is 5.32 Å². The Kier molecular flexibility index (Phi) is 54.9. The standard InChI is InChI=1S/C80H141NO18/c1-3-5-7-9-11-13-15-17-19-21-23-24-25-26-27-28-29-30-31-32-33-34-35-36-37-38-40-42-44-46-48-50-52-54-56-58-68(86)81-63(64(85)57-55-53-51-49-47-45-43-41-39-22-20-18-16-14-12-10-8-6-4-2)62-94-78-74(92)71(89)76(66(60-83)96-78)99-80-75(93)72(90)77(67(61-84)97-80)98-79-73(91)70(88)69(87)65(59-82)95-79/h5,7,11,13,17,19,23-24,26-27,29-30,32-33,63-67,69-80,82-85,87-93H,3-4,6,8-10,12,14-16,18,20-22,25,28,31,34-62H2,1-2H3,(H,81,86)/b7-5-,13-11-,19-17-,24-23-,27-26-,30-29-,33-32-. The summed E-state index contributed by atoms with van der Waals surface area (Å²) in [5.41, 5.74) is 0. The van der Waals surface area contributed by atoms with Crippen LogP contribution in [0.3, 0.4) is 0 Å². The third-order valence-electron chi connectivity index (χ3n) is 19.2. The van der Waals surface area contributed by atoms with Gasteiger partial charge in [0.25, 0.3) is 0 Å². The zero-order valence-electron chi connectivity index (χ0n) is 61.2. The summed E-state index contributed by atoms with van der Waals surface area (Å²) in [6.45, 7) is 1.71. The second-order valence-electron chi connectivity index (χ2n) is 27.8. The van der Waals surface area contributed by atoms with Gasteiger partial charge in [-0.1, -0.05) is 292 Å². The van der Waals surface area contributed by atoms with E-state index in [1.54, 1.807) is 0 Å². The summed E-state index contributed by atoms with van der Waals surface area (Å²) in [5, 5.41) is 121. The van der Waals surface area contributed by atoms with E-state index in [2.05, 4.69) is 104 Å². The highest BCUT2D eigenvalue weighted by atomic mass is 16.8. The monoisotopic (exact) mass is 1400 g/mol. The summed E-state index contributed by atoms with van der Waals surface area (Å²) >= 11 is 0. The molecule has 0 spiro atoms. The van der Waals surface area contributed by atoms with Gasteiger partial charge in [0.1, 0.15) is 73.2 Å². The number of ether oxygens (including phenoxy) is 6. The number of allylic oxidation sites excluding steroid dienone is 14. The molecular weight excluding hydrogens is 1260 g/mol. The topological polar surface area (TPSA) is 307 Å². The average molecular weight is 1400 g/mol. The van der Waals surface area contributed by atoms with Crippen molar-refractivity contribution >= 4 is 5.91 Å². The first-order valence-corrected chi connectivity index (χ1v) is 39.3. The molecule has 3 rings (SSSR count). The molecule has 3 aliphatic heterocycles. The molecule has 19 heteroatoms. The van der Waals surface area contributed by atoms with Crippen LogP contribution in [0.4, 0.5) is 0 Å². The number of hydrogen-bond donors (Lipinski definition) is 12. The van der Waals surface area contributed by atoms with Crippen LogP contribution in [0.5, 0.6) is 0 Å². The summed E-state index contributed by atoms with van der Waals surface area (Å²) < 4.78 is 34.5. The van der Waals surface area contributed by atoms with E-state index in [4.69, 9.17) is 28.4 Å². The lowest BCUT2D eigenvalue weighted by atomic mass is 9.96. The minimum Gasteiger partial charge on any atom is -0.394 e. The van der Waals surface area contributed by atoms with Gasteiger partial charge in [0, 0.05) is 6.42 Å². The Morgan fingerprint density at radius 1 is 0.374 bits per heavy atom. The summed E-state index contributed by atoms with van der Waals surface area (Å²) in [6, 6.07) is -0.893. The molecule has 3 fully saturated rings. The largest absolute Gasteiger partial charge is 0.394 e. The Labute approximate surface area is 597 Å². The molecule has 0 aromatic heterocycles. The Morgan fingerprint density at radius 3 is 1.09 bits per heavy atom. The van der Waals surface area contributed by atoms with Gasteiger partial charge in [0.05, 0.1) is 38.6 Å². The first-order valence-electron chi connectivity index (χ1n) is 39.3. The average Bonchev–Trinajstić information content (AvgIpc) is 0.784. The maximum Gasteiger partial charge on any atom is 0.220 e. The molecule has 3 aliphatic rings. The highest BCUT2D eigenvalue weighted by Gasteiger charge is 2.54. The second kappa shape index (κ2) is 60.3. The molecule has 0 saturated carbocycles. The minimum atomic E-state index is -1.98. The van der Waals surface area contributed by atoms with Gasteiger partial charge in [-0.15, -0.1) is 0 Å². The predicted molar refractivity (Wildman–Crippen MR) is 392 cm³/mol. The van der Waals surface area contributed by atoms with Crippen LogP contribution >= 0.6 is 0 Å². The molecule has 19 nitrogen and oxygen atoms in total. The van der Waals surface area contributed by atoms with Crippen LogP contribution in [-0.4, -0.2) is 193 Å². The number of nitrogens with one attached hydrogen (secondary N) is 1. The molecule has 1 amide bonds. The maximum atomic E-state index is 13.5. The van der Waals surface area contributed by atoms with E-state index in [9.17, 15) is 61.0 Å². The number of carbonyl (C=O) groups excluding carboxylic acids is 1. The maximum absolute atomic E-state index is 13.5. The van der Waals surface area contributed by atoms with Crippen molar-refractivity contribution < 1.29 is 89.4 Å². The molecule has 0 bridgehead atoms. The Bertz CT molecular complexity index is 2120. The van der Waals surface area contributed by atoms with Crippen molar-refractivity contribution in [3.8, 4) is 0 Å². The molecule has 3 saturated heterocycles. The number of aliphatic hydroxyl groups excluding tert-OH is 11. The number of rotatable bonds is 61. The van der Waals surface area contributed by atoms with Crippen LogP contribution in [0.15, 0.2) is 85.1 Å². The molecule has 574 valence electrons. The summed E-state index contributed by atoms with van der Waals surface area (Å²) in [5.74, 6) is -0.244. The third kappa shape index (κ3) is 40.7. The first-order chi connectivity index (χ1) is 48.3. The highest BCUT2D eigenvalue weighted by Crippen LogP contribution is 2.33. The molecule has 0 aliphatic carbocycles. The molecule has 0 aromatic carbocycles. The second-order valence-corrected chi connectivity index (χ2v) is 27.8. The fourth-order valence-electron chi connectivity index (χ4n) is 12.9. The van der Waals surface area contributed by atoms with Crippen molar-refractivity contribution in [2.45, 2.75) is 388 Å². The number of aliphatic hydroxyl groups is 11. The molecular formula is C80H141NO18. The van der Waals surface area contributed by atoms with Gasteiger partial charge in [0.15, 0.2) is 18.9 Å². The fraction of sp³-hybridized carbons (Fsp3) is 0.812. The molecule has 17 unspecified atom stereocenters. The zero-order chi connectivity index (χ0) is 71.8. The Hall–Kier alpha value is -3.03. The van der Waals surface area contributed by atoms with Crippen molar-refractivity contribution in [2.24, 2.45) is 0 Å². The number of carbonyl (C=O) groups is 1. The molecule has 0 aromatic rings. The van der Waals surface area contributed by atoms with E-state index in [-0.39, 0.29) is 18.9 Å². The van der Waals surface area contributed by atoms with Gasteiger partial charge in [-0.25, -0.2) is 0 Å². The number of hydrogen-bond acceptors (Lipinski definition) is 18. The molecule has 12 N–H and O–H groups in total. The van der Waals surface area contributed by atoms with E-state index in [1.807, 2.05) is 0 Å². The summed E-state index contributed by atoms with van der Waals surface area (Å²) in [4.78, 5) is 13.5. The van der Waals surface area contributed by atoms with E-state index in [0.29, 0.717) is 12.8 Å². The zero-order valence-corrected chi connectivity index (χ0v) is 61.2. The minimum absolute atomic E-state index is 0.244. The van der Waals surface area contributed by atoms with Gasteiger partial charge >= 0.3 is 0 Å². The molecule has 99 heavy (non-hydrogen) atoms. The summed E-state index contributed by atoms with van der Waals surface area (Å²) in [6.07, 6.45) is 52.3. The van der Waals surface area contributed by atoms with Crippen LogP contribution in [0.1, 0.15) is 284 Å². The van der Waals surface area contributed by atoms with Crippen LogP contribution in [0.2, 0.25) is 0 Å². The van der Waals surface area contributed by atoms with Crippen LogP contribution in [0, 0.1) is 0 Å². The molecule has 0 radical (unpaired) electrons. The normalized spacial score (nSPS) is 27.1. The third-order valence-corrected chi connectivity index (χ3v) is 19.2. The first kappa shape index (κ1) is 90.2. The Morgan fingerprint density at radius 2 is 0.697 bits per heavy atom. The van der Waals surface area contributed by atoms with Crippen LogP contribution in [0.25, 0.3) is 0 Å². The number of amides is 1. The lowest BCUT2D eigenvalue weighted by Gasteiger charge is -2.48. The summed E-state index contributed by atoms with van der Waals surface area (Å²) in [7, 11) is 0. The van der Waals surface area contributed by atoms with E-state index in [1.165, 1.54) is 154 Å². The quantitative estimate of drug-likeness (QED) is 0.0199. The van der Waals surface area contributed by atoms with Gasteiger partial charge in [-0.05, 0) is 70.6 Å². The lowest BCUT2D eigenvalue weighted by Crippen LogP contribution is -2.66. The Balaban J connectivity index is 1.35. The van der Waals surface area contributed by atoms with E-state index < -0.39 is 124 Å². The van der Waals surface area contributed by atoms with Crippen molar-refractivity contribution in [2.75, 3.05) is 26.4 Å². The predicted octanol–water partition coefficient (Wildman–Crippen LogP) is 12.6. The van der Waals surface area contributed by atoms with Crippen molar-refractivity contribution in [3.63, 3.8) is 0 Å². The molecule has 3 heterocycles. The van der Waals surface area contributed by atoms with Gasteiger partial charge in [-0.3, -0.25) is 4.79 Å². The number of unbranched alkanes of at least 4 members (excludes halogenated alkanes) is 31.